The van der Waals surface area contributed by atoms with Crippen LogP contribution in [-0.2, 0) is 6.42 Å². The molecule has 0 spiro atoms. The molecule has 0 unspecified atom stereocenters. The molecule has 0 N–H and O–H groups in total. The van der Waals surface area contributed by atoms with Crippen LogP contribution in [0.2, 0.25) is 5.02 Å². The van der Waals surface area contributed by atoms with Crippen molar-refractivity contribution < 1.29 is 13.6 Å². The molecule has 0 fully saturated rings. The lowest BCUT2D eigenvalue weighted by Gasteiger charge is -2.05. The molecule has 0 aromatic heterocycles. The van der Waals surface area contributed by atoms with Crippen LogP contribution in [0.25, 0.3) is 0 Å². The van der Waals surface area contributed by atoms with Crippen LogP contribution < -0.4 is 0 Å². The van der Waals surface area contributed by atoms with Crippen molar-refractivity contribution in [2.75, 3.05) is 0 Å². The zero-order valence-corrected chi connectivity index (χ0v) is 11.9. The van der Waals surface area contributed by atoms with Gasteiger partial charge in [-0.3, -0.25) is 4.79 Å². The van der Waals surface area contributed by atoms with Crippen molar-refractivity contribution in [2.45, 2.75) is 6.42 Å². The summed E-state index contributed by atoms with van der Waals surface area (Å²) in [6, 6.07) is 8.00. The number of halogens is 4. The molecule has 0 saturated heterocycles. The van der Waals surface area contributed by atoms with Gasteiger partial charge in [-0.1, -0.05) is 33.6 Å². The van der Waals surface area contributed by atoms with Gasteiger partial charge in [0.2, 0.25) is 0 Å². The van der Waals surface area contributed by atoms with Crippen molar-refractivity contribution in [3.8, 4) is 0 Å². The molecule has 0 saturated carbocycles. The summed E-state index contributed by atoms with van der Waals surface area (Å²) in [5.41, 5.74) is 0.446. The van der Waals surface area contributed by atoms with Crippen molar-refractivity contribution >= 4 is 33.3 Å². The predicted octanol–water partition coefficient (Wildman–Crippen LogP) is 4.81. The highest BCUT2D eigenvalue weighted by atomic mass is 79.9. The van der Waals surface area contributed by atoms with Crippen molar-refractivity contribution in [1.29, 1.82) is 0 Å². The molecule has 0 aliphatic rings. The maximum absolute atomic E-state index is 13.5. The van der Waals surface area contributed by atoms with E-state index in [0.29, 0.717) is 15.1 Å². The molecule has 0 atom stereocenters. The van der Waals surface area contributed by atoms with Crippen molar-refractivity contribution in [3.05, 3.63) is 68.7 Å². The van der Waals surface area contributed by atoms with Crippen molar-refractivity contribution in [1.82, 2.24) is 0 Å². The summed E-state index contributed by atoms with van der Waals surface area (Å²) in [5, 5.41) is 0.302. The molecule has 0 amide bonds. The Morgan fingerprint density at radius 2 is 1.89 bits per heavy atom. The topological polar surface area (TPSA) is 17.1 Å². The fraction of sp³-hybridized carbons (Fsp3) is 0.0714. The number of ketones is 1. The monoisotopic (exact) mass is 344 g/mol. The Hall–Kier alpha value is -1.26. The summed E-state index contributed by atoms with van der Waals surface area (Å²) in [4.78, 5) is 12.1. The first-order chi connectivity index (χ1) is 8.97. The van der Waals surface area contributed by atoms with Gasteiger partial charge >= 0.3 is 0 Å². The van der Waals surface area contributed by atoms with E-state index in [2.05, 4.69) is 15.9 Å². The second kappa shape index (κ2) is 5.80. The zero-order valence-electron chi connectivity index (χ0n) is 9.59. The Bertz CT molecular complexity index is 643. The number of carbonyl (C=O) groups excluding carboxylic acids is 1. The van der Waals surface area contributed by atoms with E-state index >= 15 is 0 Å². The number of rotatable bonds is 3. The predicted molar refractivity (Wildman–Crippen MR) is 73.5 cm³/mol. The molecule has 98 valence electrons. The van der Waals surface area contributed by atoms with Crippen LogP contribution >= 0.6 is 27.5 Å². The lowest BCUT2D eigenvalue weighted by molar-refractivity contribution is 0.0992. The van der Waals surface area contributed by atoms with Gasteiger partial charge in [-0.15, -0.1) is 0 Å². The maximum Gasteiger partial charge on any atom is 0.168 e. The highest BCUT2D eigenvalue weighted by Crippen LogP contribution is 2.23. The summed E-state index contributed by atoms with van der Waals surface area (Å²) >= 11 is 9.17. The van der Waals surface area contributed by atoms with E-state index in [9.17, 15) is 13.6 Å². The molecule has 2 aromatic rings. The minimum Gasteiger partial charge on any atom is -0.294 e. The van der Waals surface area contributed by atoms with Gasteiger partial charge in [-0.25, -0.2) is 8.78 Å². The fourth-order valence-corrected chi connectivity index (χ4v) is 2.23. The fourth-order valence-electron chi connectivity index (χ4n) is 1.64. The van der Waals surface area contributed by atoms with E-state index in [1.807, 2.05) is 0 Å². The summed E-state index contributed by atoms with van der Waals surface area (Å²) in [7, 11) is 0. The third-order valence-corrected chi connectivity index (χ3v) is 3.42. The second-order valence-corrected chi connectivity index (χ2v) is 5.28. The first kappa shape index (κ1) is 14.2. The third kappa shape index (κ3) is 3.39. The summed E-state index contributed by atoms with van der Waals surface area (Å²) in [5.74, 6) is -1.73. The van der Waals surface area contributed by atoms with Crippen LogP contribution in [0.4, 0.5) is 8.78 Å². The van der Waals surface area contributed by atoms with Gasteiger partial charge in [0.1, 0.15) is 11.6 Å². The van der Waals surface area contributed by atoms with E-state index in [1.165, 1.54) is 6.07 Å². The smallest absolute Gasteiger partial charge is 0.168 e. The normalized spacial score (nSPS) is 10.5. The molecule has 0 heterocycles. The van der Waals surface area contributed by atoms with Crippen LogP contribution in [0.1, 0.15) is 15.9 Å². The first-order valence-corrected chi connectivity index (χ1v) is 6.56. The van der Waals surface area contributed by atoms with Crippen molar-refractivity contribution in [3.63, 3.8) is 0 Å². The minimum absolute atomic E-state index is 0.141. The van der Waals surface area contributed by atoms with Crippen molar-refractivity contribution in [2.24, 2.45) is 0 Å². The molecular formula is C14H8BrClF2O. The molecule has 5 heteroatoms. The summed E-state index contributed by atoms with van der Waals surface area (Å²) < 4.78 is 27.0. The van der Waals surface area contributed by atoms with E-state index in [0.717, 1.165) is 12.1 Å². The standard InChI is InChI=1S/C14H8BrClF2O/c15-9-2-4-12(16)11(6-9)14(19)5-8-1-3-10(17)7-13(8)18/h1-4,6-7H,5H2. The maximum atomic E-state index is 13.5. The van der Waals surface area contributed by atoms with Crippen LogP contribution in [-0.4, -0.2) is 5.78 Å². The highest BCUT2D eigenvalue weighted by Gasteiger charge is 2.14. The number of hydrogen-bond donors (Lipinski definition) is 0. The number of carbonyl (C=O) groups is 1. The SMILES string of the molecule is O=C(Cc1ccc(F)cc1F)c1cc(Br)ccc1Cl. The van der Waals surface area contributed by atoms with Gasteiger partial charge in [-0.2, -0.15) is 0 Å². The van der Waals surface area contributed by atoms with E-state index in [1.54, 1.807) is 18.2 Å². The molecule has 0 radical (unpaired) electrons. The Morgan fingerprint density at radius 3 is 2.58 bits per heavy atom. The minimum atomic E-state index is -0.737. The molecular weight excluding hydrogens is 338 g/mol. The van der Waals surface area contributed by atoms with Crippen LogP contribution in [0.3, 0.4) is 0 Å². The van der Waals surface area contributed by atoms with Gasteiger partial charge in [0.15, 0.2) is 5.78 Å². The molecule has 2 rings (SSSR count). The first-order valence-electron chi connectivity index (χ1n) is 5.39. The van der Waals surface area contributed by atoms with Gasteiger partial charge in [0.05, 0.1) is 5.02 Å². The van der Waals surface area contributed by atoms with Crippen LogP contribution in [0.5, 0.6) is 0 Å². The molecule has 19 heavy (non-hydrogen) atoms. The Labute approximate surface area is 122 Å². The average molecular weight is 346 g/mol. The highest BCUT2D eigenvalue weighted by molar-refractivity contribution is 9.10. The molecule has 2 aromatic carbocycles. The van der Waals surface area contributed by atoms with Crippen LogP contribution in [0.15, 0.2) is 40.9 Å². The number of benzene rings is 2. The quantitative estimate of drug-likeness (QED) is 0.730. The van der Waals surface area contributed by atoms with Crippen LogP contribution in [0, 0.1) is 11.6 Å². The Kier molecular flexibility index (Phi) is 4.32. The van der Waals surface area contributed by atoms with E-state index < -0.39 is 11.6 Å². The average Bonchev–Trinajstić information content (AvgIpc) is 2.35. The lowest BCUT2D eigenvalue weighted by atomic mass is 10.0. The summed E-state index contributed by atoms with van der Waals surface area (Å²) in [6.07, 6.45) is -0.164. The Morgan fingerprint density at radius 1 is 1.16 bits per heavy atom. The molecule has 0 aliphatic heterocycles. The Balaban J connectivity index is 2.28. The van der Waals surface area contributed by atoms with E-state index in [-0.39, 0.29) is 17.8 Å². The van der Waals surface area contributed by atoms with E-state index in [4.69, 9.17) is 11.6 Å². The third-order valence-electron chi connectivity index (χ3n) is 2.59. The van der Waals surface area contributed by atoms with Gasteiger partial charge in [0.25, 0.3) is 0 Å². The molecule has 0 aliphatic carbocycles. The number of Topliss-reactive ketones (excluding diaryl/α,β-unsaturated/α-hetero) is 1. The summed E-state index contributed by atoms with van der Waals surface area (Å²) in [6.45, 7) is 0. The lowest BCUT2D eigenvalue weighted by Crippen LogP contribution is -2.06. The largest absolute Gasteiger partial charge is 0.294 e. The van der Waals surface area contributed by atoms with Gasteiger partial charge in [-0.05, 0) is 29.8 Å². The molecule has 1 nitrogen and oxygen atoms in total. The second-order valence-electron chi connectivity index (χ2n) is 3.96. The molecule has 0 bridgehead atoms. The number of hydrogen-bond acceptors (Lipinski definition) is 1. The zero-order chi connectivity index (χ0) is 14.0. The van der Waals surface area contributed by atoms with Gasteiger partial charge < -0.3 is 0 Å². The van der Waals surface area contributed by atoms with Gasteiger partial charge in [0, 0.05) is 22.5 Å².